The van der Waals surface area contributed by atoms with Crippen molar-refractivity contribution in [2.45, 2.75) is 40.2 Å². The molecule has 6 nitrogen and oxygen atoms in total. The van der Waals surface area contributed by atoms with Crippen molar-refractivity contribution in [2.24, 2.45) is 5.92 Å². The van der Waals surface area contributed by atoms with Gasteiger partial charge in [-0.15, -0.1) is 0 Å². The zero-order valence-corrected chi connectivity index (χ0v) is 17.0. The molecular weight excluding hydrogens is 356 g/mol. The summed E-state index contributed by atoms with van der Waals surface area (Å²) in [5.41, 5.74) is 1.05. The lowest BCUT2D eigenvalue weighted by Gasteiger charge is -2.19. The van der Waals surface area contributed by atoms with Crippen molar-refractivity contribution in [2.75, 3.05) is 17.2 Å². The lowest BCUT2D eigenvalue weighted by Crippen LogP contribution is -2.27. The lowest BCUT2D eigenvalue weighted by molar-refractivity contribution is 0.0636. The van der Waals surface area contributed by atoms with Crippen molar-refractivity contribution in [3.8, 4) is 5.75 Å². The largest absolute Gasteiger partial charge is 0.491 e. The Kier molecular flexibility index (Phi) is 7.04. The van der Waals surface area contributed by atoms with Crippen molar-refractivity contribution in [1.82, 2.24) is 0 Å². The molecule has 0 aliphatic carbocycles. The molecule has 150 valence electrons. The molecule has 6 heteroatoms. The second kappa shape index (κ2) is 9.26. The first-order valence-corrected chi connectivity index (χ1v) is 9.27. The Labute approximate surface area is 166 Å². The highest BCUT2D eigenvalue weighted by molar-refractivity contribution is 6.05. The molecule has 0 heterocycles. The first-order chi connectivity index (χ1) is 13.1. The summed E-state index contributed by atoms with van der Waals surface area (Å²) in [5, 5.41) is 5.50. The zero-order valence-electron chi connectivity index (χ0n) is 17.0. The fourth-order valence-corrected chi connectivity index (χ4v) is 2.27. The van der Waals surface area contributed by atoms with E-state index in [-0.39, 0.29) is 5.91 Å². The molecule has 0 aromatic heterocycles. The molecule has 2 aromatic rings. The topological polar surface area (TPSA) is 76.7 Å². The number of hydrogen-bond acceptors (Lipinski definition) is 4. The maximum atomic E-state index is 12.5. The molecule has 2 amide bonds. The van der Waals surface area contributed by atoms with Gasteiger partial charge in [0.25, 0.3) is 5.91 Å². The van der Waals surface area contributed by atoms with E-state index in [1.54, 1.807) is 51.1 Å². The number of benzene rings is 2. The van der Waals surface area contributed by atoms with E-state index in [0.717, 1.165) is 0 Å². The number of carbonyl (C=O) groups excluding carboxylic acids is 2. The standard InChI is InChI=1S/C22H28N2O4/c1-15(2)14-27-19-9-7-6-8-18(19)24-20(25)16-10-12-17(13-11-16)23-21(26)28-22(3,4)5/h6-13,15H,14H2,1-5H3,(H,23,26)(H,24,25). The fourth-order valence-electron chi connectivity index (χ4n) is 2.27. The molecule has 0 bridgehead atoms. The van der Waals surface area contributed by atoms with Gasteiger partial charge in [-0.25, -0.2) is 4.79 Å². The SMILES string of the molecule is CC(C)COc1ccccc1NC(=O)c1ccc(NC(=O)OC(C)(C)C)cc1. The Balaban J connectivity index is 2.01. The maximum absolute atomic E-state index is 12.5. The van der Waals surface area contributed by atoms with Gasteiger partial charge >= 0.3 is 6.09 Å². The second-order valence-corrected chi connectivity index (χ2v) is 7.86. The number of para-hydroxylation sites is 2. The van der Waals surface area contributed by atoms with E-state index < -0.39 is 11.7 Å². The molecule has 0 atom stereocenters. The third-order valence-electron chi connectivity index (χ3n) is 3.50. The average molecular weight is 384 g/mol. The molecule has 0 aliphatic heterocycles. The van der Waals surface area contributed by atoms with Gasteiger partial charge in [-0.1, -0.05) is 26.0 Å². The normalized spacial score (nSPS) is 11.1. The van der Waals surface area contributed by atoms with Gasteiger partial charge in [-0.05, 0) is 63.1 Å². The van der Waals surface area contributed by atoms with Gasteiger partial charge in [0, 0.05) is 11.3 Å². The van der Waals surface area contributed by atoms with Crippen LogP contribution in [0, 0.1) is 5.92 Å². The van der Waals surface area contributed by atoms with Crippen molar-refractivity contribution in [3.05, 3.63) is 54.1 Å². The Morgan fingerprint density at radius 1 is 0.964 bits per heavy atom. The van der Waals surface area contributed by atoms with E-state index in [0.29, 0.717) is 35.2 Å². The van der Waals surface area contributed by atoms with Crippen LogP contribution in [0.25, 0.3) is 0 Å². The number of nitrogens with one attached hydrogen (secondary N) is 2. The third kappa shape index (κ3) is 6.95. The highest BCUT2D eigenvalue weighted by Gasteiger charge is 2.16. The summed E-state index contributed by atoms with van der Waals surface area (Å²) < 4.78 is 11.0. The number of carbonyl (C=O) groups is 2. The molecule has 0 aliphatic rings. The molecule has 0 saturated carbocycles. The monoisotopic (exact) mass is 384 g/mol. The first kappa shape index (κ1) is 21.3. The summed E-state index contributed by atoms with van der Waals surface area (Å²) in [5.74, 6) is 0.756. The van der Waals surface area contributed by atoms with Crippen molar-refractivity contribution < 1.29 is 19.1 Å². The van der Waals surface area contributed by atoms with E-state index in [1.165, 1.54) is 0 Å². The molecule has 0 radical (unpaired) electrons. The van der Waals surface area contributed by atoms with E-state index in [1.807, 2.05) is 18.2 Å². The molecule has 2 aromatic carbocycles. The van der Waals surface area contributed by atoms with Crippen molar-refractivity contribution >= 4 is 23.4 Å². The Hall–Kier alpha value is -3.02. The van der Waals surface area contributed by atoms with E-state index >= 15 is 0 Å². The number of ether oxygens (including phenoxy) is 2. The van der Waals surface area contributed by atoms with Gasteiger partial charge in [0.05, 0.1) is 12.3 Å². The van der Waals surface area contributed by atoms with Gasteiger partial charge in [-0.3, -0.25) is 10.1 Å². The summed E-state index contributed by atoms with van der Waals surface area (Å²) in [4.78, 5) is 24.4. The van der Waals surface area contributed by atoms with Crippen molar-refractivity contribution in [3.63, 3.8) is 0 Å². The van der Waals surface area contributed by atoms with Crippen LogP contribution in [0.2, 0.25) is 0 Å². The molecule has 28 heavy (non-hydrogen) atoms. The molecule has 2 rings (SSSR count). The van der Waals surface area contributed by atoms with Crippen LogP contribution in [0.15, 0.2) is 48.5 Å². The van der Waals surface area contributed by atoms with Crippen LogP contribution < -0.4 is 15.4 Å². The zero-order chi connectivity index (χ0) is 20.7. The highest BCUT2D eigenvalue weighted by Crippen LogP contribution is 2.25. The van der Waals surface area contributed by atoms with Gasteiger partial charge in [0.1, 0.15) is 11.4 Å². The fraction of sp³-hybridized carbons (Fsp3) is 0.364. The van der Waals surface area contributed by atoms with E-state index in [4.69, 9.17) is 9.47 Å². The summed E-state index contributed by atoms with van der Waals surface area (Å²) in [6.07, 6.45) is -0.541. The minimum absolute atomic E-state index is 0.260. The van der Waals surface area contributed by atoms with Gasteiger partial charge in [0.2, 0.25) is 0 Å². The lowest BCUT2D eigenvalue weighted by atomic mass is 10.2. The minimum atomic E-state index is -0.574. The van der Waals surface area contributed by atoms with Gasteiger partial charge in [-0.2, -0.15) is 0 Å². The van der Waals surface area contributed by atoms with Crippen LogP contribution in [0.3, 0.4) is 0 Å². The predicted octanol–water partition coefficient (Wildman–Crippen LogP) is 5.32. The molecular formula is C22H28N2O4. The number of anilines is 2. The molecule has 2 N–H and O–H groups in total. The Morgan fingerprint density at radius 2 is 1.61 bits per heavy atom. The minimum Gasteiger partial charge on any atom is -0.491 e. The van der Waals surface area contributed by atoms with Crippen LogP contribution in [0.5, 0.6) is 5.75 Å². The first-order valence-electron chi connectivity index (χ1n) is 9.27. The quantitative estimate of drug-likeness (QED) is 0.706. The molecule has 0 spiro atoms. The van der Waals surface area contributed by atoms with Crippen LogP contribution in [-0.4, -0.2) is 24.2 Å². The molecule has 0 unspecified atom stereocenters. The predicted molar refractivity (Wildman–Crippen MR) is 111 cm³/mol. The van der Waals surface area contributed by atoms with Crippen LogP contribution in [0.4, 0.5) is 16.2 Å². The third-order valence-corrected chi connectivity index (χ3v) is 3.50. The number of hydrogen-bond donors (Lipinski definition) is 2. The van der Waals surface area contributed by atoms with E-state index in [2.05, 4.69) is 24.5 Å². The van der Waals surface area contributed by atoms with Crippen LogP contribution in [0.1, 0.15) is 45.0 Å². The Bertz CT molecular complexity index is 808. The summed E-state index contributed by atoms with van der Waals surface area (Å²) in [6, 6.07) is 13.9. The van der Waals surface area contributed by atoms with Crippen molar-refractivity contribution in [1.29, 1.82) is 0 Å². The van der Waals surface area contributed by atoms with Gasteiger partial charge < -0.3 is 14.8 Å². The Morgan fingerprint density at radius 3 is 2.21 bits per heavy atom. The summed E-state index contributed by atoms with van der Waals surface area (Å²) >= 11 is 0. The smallest absolute Gasteiger partial charge is 0.412 e. The molecule has 0 fully saturated rings. The summed E-state index contributed by atoms with van der Waals surface area (Å²) in [7, 11) is 0. The van der Waals surface area contributed by atoms with E-state index in [9.17, 15) is 9.59 Å². The number of amides is 2. The van der Waals surface area contributed by atoms with Crippen LogP contribution >= 0.6 is 0 Å². The maximum Gasteiger partial charge on any atom is 0.412 e. The highest BCUT2D eigenvalue weighted by atomic mass is 16.6. The summed E-state index contributed by atoms with van der Waals surface area (Å²) in [6.45, 7) is 10.1. The molecule has 0 saturated heterocycles. The number of rotatable bonds is 6. The average Bonchev–Trinajstić information content (AvgIpc) is 2.59. The van der Waals surface area contributed by atoms with Crippen LogP contribution in [-0.2, 0) is 4.74 Å². The van der Waals surface area contributed by atoms with Gasteiger partial charge in [0.15, 0.2) is 0 Å². The second-order valence-electron chi connectivity index (χ2n) is 7.86.